The SMILES string of the molecule is O=S(=O)(NCCC1=CCNCC1)c1c[nH]c2ncccc12. The van der Waals surface area contributed by atoms with Crippen molar-refractivity contribution in [3.8, 4) is 0 Å². The molecule has 7 heteroatoms. The van der Waals surface area contributed by atoms with Gasteiger partial charge in [-0.1, -0.05) is 11.6 Å². The topological polar surface area (TPSA) is 86.9 Å². The molecule has 0 unspecified atom stereocenters. The van der Waals surface area contributed by atoms with Gasteiger partial charge in [-0.25, -0.2) is 18.1 Å². The first-order valence-electron chi connectivity index (χ1n) is 6.97. The van der Waals surface area contributed by atoms with Crippen LogP contribution in [0.3, 0.4) is 0 Å². The van der Waals surface area contributed by atoms with Crippen LogP contribution in [0, 0.1) is 0 Å². The van der Waals surface area contributed by atoms with Crippen LogP contribution in [0.4, 0.5) is 0 Å². The van der Waals surface area contributed by atoms with Crippen LogP contribution in [0.25, 0.3) is 11.0 Å². The average molecular weight is 306 g/mol. The lowest BCUT2D eigenvalue weighted by atomic mass is 10.1. The first-order chi connectivity index (χ1) is 10.2. The zero-order valence-electron chi connectivity index (χ0n) is 11.6. The first kappa shape index (κ1) is 14.2. The number of rotatable bonds is 5. The summed E-state index contributed by atoms with van der Waals surface area (Å²) in [6.07, 6.45) is 6.99. The van der Waals surface area contributed by atoms with Crippen LogP contribution >= 0.6 is 0 Å². The molecule has 3 heterocycles. The molecule has 0 radical (unpaired) electrons. The maximum atomic E-state index is 12.4. The smallest absolute Gasteiger partial charge is 0.242 e. The molecule has 0 fully saturated rings. The lowest BCUT2D eigenvalue weighted by molar-refractivity contribution is 0.580. The third-order valence-corrected chi connectivity index (χ3v) is 5.10. The van der Waals surface area contributed by atoms with Gasteiger partial charge in [0.2, 0.25) is 10.0 Å². The van der Waals surface area contributed by atoms with Gasteiger partial charge in [0.25, 0.3) is 0 Å². The van der Waals surface area contributed by atoms with Crippen molar-refractivity contribution in [1.82, 2.24) is 20.0 Å². The summed E-state index contributed by atoms with van der Waals surface area (Å²) in [6, 6.07) is 3.48. The monoisotopic (exact) mass is 306 g/mol. The summed E-state index contributed by atoms with van der Waals surface area (Å²) in [7, 11) is -3.51. The quantitative estimate of drug-likeness (QED) is 0.723. The van der Waals surface area contributed by atoms with E-state index in [-0.39, 0.29) is 4.90 Å². The molecule has 0 spiro atoms. The summed E-state index contributed by atoms with van der Waals surface area (Å²) in [4.78, 5) is 7.24. The van der Waals surface area contributed by atoms with Crippen molar-refractivity contribution in [3.63, 3.8) is 0 Å². The Kier molecular flexibility index (Phi) is 4.05. The van der Waals surface area contributed by atoms with Crippen molar-refractivity contribution in [2.45, 2.75) is 17.7 Å². The van der Waals surface area contributed by atoms with Crippen molar-refractivity contribution in [2.24, 2.45) is 0 Å². The molecule has 0 saturated carbocycles. The Morgan fingerprint density at radius 2 is 2.29 bits per heavy atom. The molecule has 1 aliphatic heterocycles. The van der Waals surface area contributed by atoms with E-state index in [4.69, 9.17) is 0 Å². The molecule has 0 aliphatic carbocycles. The second-order valence-corrected chi connectivity index (χ2v) is 6.75. The minimum absolute atomic E-state index is 0.255. The fraction of sp³-hybridized carbons (Fsp3) is 0.357. The van der Waals surface area contributed by atoms with E-state index < -0.39 is 10.0 Å². The van der Waals surface area contributed by atoms with E-state index in [1.807, 2.05) is 0 Å². The van der Waals surface area contributed by atoms with Gasteiger partial charge in [0.15, 0.2) is 0 Å². The number of aromatic amines is 1. The van der Waals surface area contributed by atoms with Crippen molar-refractivity contribution < 1.29 is 8.42 Å². The Balaban J connectivity index is 1.70. The molecular weight excluding hydrogens is 288 g/mol. The molecule has 1 aliphatic rings. The number of aromatic nitrogens is 2. The second kappa shape index (κ2) is 5.97. The van der Waals surface area contributed by atoms with E-state index >= 15 is 0 Å². The Morgan fingerprint density at radius 3 is 3.10 bits per heavy atom. The van der Waals surface area contributed by atoms with Crippen molar-refractivity contribution in [3.05, 3.63) is 36.2 Å². The third-order valence-electron chi connectivity index (χ3n) is 3.60. The minimum atomic E-state index is -3.51. The van der Waals surface area contributed by atoms with Gasteiger partial charge in [-0.15, -0.1) is 0 Å². The Labute approximate surface area is 123 Å². The molecule has 21 heavy (non-hydrogen) atoms. The maximum absolute atomic E-state index is 12.4. The summed E-state index contributed by atoms with van der Waals surface area (Å²) in [5, 5.41) is 3.85. The summed E-state index contributed by atoms with van der Waals surface area (Å²) in [5.41, 5.74) is 1.89. The maximum Gasteiger partial charge on any atom is 0.242 e. The largest absolute Gasteiger partial charge is 0.345 e. The van der Waals surface area contributed by atoms with Gasteiger partial charge in [-0.05, 0) is 31.5 Å². The van der Waals surface area contributed by atoms with Crippen LogP contribution in [0.15, 0.2) is 41.1 Å². The van der Waals surface area contributed by atoms with E-state index in [1.54, 1.807) is 18.3 Å². The number of fused-ring (bicyclic) bond motifs is 1. The minimum Gasteiger partial charge on any atom is -0.345 e. The molecule has 2 aromatic heterocycles. The lowest BCUT2D eigenvalue weighted by Gasteiger charge is -2.14. The molecule has 3 N–H and O–H groups in total. The molecule has 0 bridgehead atoms. The molecule has 3 rings (SSSR count). The summed E-state index contributed by atoms with van der Waals surface area (Å²) < 4.78 is 27.4. The Hall–Kier alpha value is -1.70. The van der Waals surface area contributed by atoms with Gasteiger partial charge >= 0.3 is 0 Å². The van der Waals surface area contributed by atoms with Crippen LogP contribution < -0.4 is 10.0 Å². The first-order valence-corrected chi connectivity index (χ1v) is 8.45. The zero-order valence-corrected chi connectivity index (χ0v) is 12.4. The highest BCUT2D eigenvalue weighted by Gasteiger charge is 2.18. The lowest BCUT2D eigenvalue weighted by Crippen LogP contribution is -2.26. The average Bonchev–Trinajstić information content (AvgIpc) is 2.93. The Bertz CT molecular complexity index is 764. The third kappa shape index (κ3) is 3.15. The van der Waals surface area contributed by atoms with Gasteiger partial charge in [-0.2, -0.15) is 0 Å². The van der Waals surface area contributed by atoms with E-state index in [2.05, 4.69) is 26.1 Å². The van der Waals surface area contributed by atoms with Gasteiger partial charge in [-0.3, -0.25) is 0 Å². The van der Waals surface area contributed by atoms with Crippen LogP contribution in [0.2, 0.25) is 0 Å². The van der Waals surface area contributed by atoms with E-state index in [0.717, 1.165) is 25.9 Å². The predicted molar refractivity (Wildman–Crippen MR) is 81.5 cm³/mol. The highest BCUT2D eigenvalue weighted by Crippen LogP contribution is 2.20. The number of nitrogens with one attached hydrogen (secondary N) is 3. The number of nitrogens with zero attached hydrogens (tertiary/aromatic N) is 1. The molecule has 0 atom stereocenters. The summed E-state index contributed by atoms with van der Waals surface area (Å²) in [6.45, 7) is 2.25. The van der Waals surface area contributed by atoms with Crippen LogP contribution in [-0.4, -0.2) is 38.0 Å². The molecule has 0 amide bonds. The van der Waals surface area contributed by atoms with Crippen molar-refractivity contribution in [1.29, 1.82) is 0 Å². The number of sulfonamides is 1. The van der Waals surface area contributed by atoms with Gasteiger partial charge in [0, 0.05) is 30.9 Å². The summed E-state index contributed by atoms with van der Waals surface area (Å²) >= 11 is 0. The Morgan fingerprint density at radius 1 is 1.38 bits per heavy atom. The number of pyridine rings is 1. The fourth-order valence-electron chi connectivity index (χ4n) is 2.47. The molecular formula is C14H18N4O2S. The van der Waals surface area contributed by atoms with E-state index in [0.29, 0.717) is 17.6 Å². The van der Waals surface area contributed by atoms with Gasteiger partial charge in [0.05, 0.1) is 0 Å². The molecule has 112 valence electrons. The van der Waals surface area contributed by atoms with Gasteiger partial charge < -0.3 is 10.3 Å². The van der Waals surface area contributed by atoms with E-state index in [1.165, 1.54) is 11.8 Å². The number of hydrogen-bond donors (Lipinski definition) is 3. The zero-order chi connectivity index (χ0) is 14.7. The van der Waals surface area contributed by atoms with Crippen LogP contribution in [0.5, 0.6) is 0 Å². The van der Waals surface area contributed by atoms with Crippen LogP contribution in [-0.2, 0) is 10.0 Å². The highest BCUT2D eigenvalue weighted by molar-refractivity contribution is 7.89. The van der Waals surface area contributed by atoms with E-state index in [9.17, 15) is 8.42 Å². The molecule has 6 nitrogen and oxygen atoms in total. The van der Waals surface area contributed by atoms with Crippen LogP contribution in [0.1, 0.15) is 12.8 Å². The predicted octanol–water partition coefficient (Wildman–Crippen LogP) is 1.15. The van der Waals surface area contributed by atoms with Gasteiger partial charge in [0.1, 0.15) is 10.5 Å². The molecule has 0 aromatic carbocycles. The molecule has 2 aromatic rings. The van der Waals surface area contributed by atoms with Crippen molar-refractivity contribution in [2.75, 3.05) is 19.6 Å². The molecule has 0 saturated heterocycles. The number of hydrogen-bond acceptors (Lipinski definition) is 4. The number of H-pyrrole nitrogens is 1. The summed E-state index contributed by atoms with van der Waals surface area (Å²) in [5.74, 6) is 0. The highest BCUT2D eigenvalue weighted by atomic mass is 32.2. The normalized spacial score (nSPS) is 16.1. The second-order valence-electron chi connectivity index (χ2n) is 5.02. The standard InChI is InChI=1S/C14H18N4O2S/c19-21(20,18-9-5-11-3-7-15-8-4-11)13-10-17-14-12(13)2-1-6-16-14/h1-3,6,10,15,18H,4-5,7-9H2,(H,16,17). The van der Waals surface area contributed by atoms with Crippen molar-refractivity contribution >= 4 is 21.1 Å². The fourth-order valence-corrected chi connectivity index (χ4v) is 3.67.